The minimum atomic E-state index is 0. The molecule has 0 radical (unpaired) electrons. The zero-order valence-electron chi connectivity index (χ0n) is 14.7. The standard InChI is InChI=1S/C18H24N4O2S.ClH/c23-18(11-14-13-24-10-5-19-14)22-8-6-21(7-9-22)12-17-20-15-3-1-2-4-16(15)25-17;/h1-4,14,19H,5-13H2;1H. The smallest absolute Gasteiger partial charge is 0.224 e. The van der Waals surface area contributed by atoms with Crippen molar-refractivity contribution < 1.29 is 9.53 Å². The molecule has 1 N–H and O–H groups in total. The lowest BCUT2D eigenvalue weighted by Crippen LogP contribution is -2.51. The van der Waals surface area contributed by atoms with Crippen LogP contribution in [-0.4, -0.2) is 72.7 Å². The third kappa shape index (κ3) is 4.72. The first kappa shape index (κ1) is 19.5. The van der Waals surface area contributed by atoms with E-state index in [1.807, 2.05) is 11.0 Å². The van der Waals surface area contributed by atoms with Crippen LogP contribution >= 0.6 is 23.7 Å². The summed E-state index contributed by atoms with van der Waals surface area (Å²) < 4.78 is 6.68. The lowest BCUT2D eigenvalue weighted by Gasteiger charge is -2.35. The maximum absolute atomic E-state index is 12.5. The molecular weight excluding hydrogens is 372 g/mol. The number of benzene rings is 1. The van der Waals surface area contributed by atoms with Crippen molar-refractivity contribution >= 4 is 39.9 Å². The van der Waals surface area contributed by atoms with Gasteiger partial charge in [0, 0.05) is 45.2 Å². The Balaban J connectivity index is 0.00000196. The quantitative estimate of drug-likeness (QED) is 0.853. The van der Waals surface area contributed by atoms with Crippen LogP contribution in [0.1, 0.15) is 11.4 Å². The average molecular weight is 397 g/mol. The predicted molar refractivity (Wildman–Crippen MR) is 106 cm³/mol. The number of ether oxygens (including phenoxy) is 1. The summed E-state index contributed by atoms with van der Waals surface area (Å²) in [6.45, 7) is 6.53. The largest absolute Gasteiger partial charge is 0.378 e. The van der Waals surface area contributed by atoms with Crippen molar-refractivity contribution in [3.05, 3.63) is 29.3 Å². The van der Waals surface area contributed by atoms with E-state index in [2.05, 4.69) is 28.4 Å². The number of amides is 1. The molecule has 1 aromatic heterocycles. The molecule has 142 valence electrons. The van der Waals surface area contributed by atoms with Crippen LogP contribution in [0.15, 0.2) is 24.3 Å². The second-order valence-corrected chi connectivity index (χ2v) is 7.78. The van der Waals surface area contributed by atoms with Crippen molar-refractivity contribution in [3.8, 4) is 0 Å². The summed E-state index contributed by atoms with van der Waals surface area (Å²) >= 11 is 1.77. The number of hydrogen-bond donors (Lipinski definition) is 1. The van der Waals surface area contributed by atoms with E-state index in [1.165, 1.54) is 4.70 Å². The van der Waals surface area contributed by atoms with E-state index in [9.17, 15) is 4.79 Å². The summed E-state index contributed by atoms with van der Waals surface area (Å²) in [5.41, 5.74) is 1.08. The number of nitrogens with one attached hydrogen (secondary N) is 1. The summed E-state index contributed by atoms with van der Waals surface area (Å²) in [4.78, 5) is 21.5. The number of nitrogens with zero attached hydrogens (tertiary/aromatic N) is 3. The maximum atomic E-state index is 12.5. The molecule has 2 saturated heterocycles. The van der Waals surface area contributed by atoms with Crippen LogP contribution in [0.3, 0.4) is 0 Å². The number of carbonyl (C=O) groups is 1. The van der Waals surface area contributed by atoms with Gasteiger partial charge in [-0.2, -0.15) is 0 Å². The second kappa shape index (κ2) is 9.10. The molecule has 0 saturated carbocycles. The van der Waals surface area contributed by atoms with Gasteiger partial charge in [0.15, 0.2) is 0 Å². The molecule has 26 heavy (non-hydrogen) atoms. The molecule has 1 amide bonds. The van der Waals surface area contributed by atoms with Crippen molar-refractivity contribution in [2.75, 3.05) is 45.9 Å². The predicted octanol–water partition coefficient (Wildman–Crippen LogP) is 1.74. The molecule has 2 aromatic rings. The first-order valence-electron chi connectivity index (χ1n) is 8.93. The van der Waals surface area contributed by atoms with Gasteiger partial charge in [-0.25, -0.2) is 4.98 Å². The summed E-state index contributed by atoms with van der Waals surface area (Å²) in [7, 11) is 0. The molecule has 0 bridgehead atoms. The van der Waals surface area contributed by atoms with Gasteiger partial charge in [0.25, 0.3) is 0 Å². The van der Waals surface area contributed by atoms with E-state index in [0.29, 0.717) is 13.0 Å². The molecule has 0 spiro atoms. The molecule has 4 rings (SSSR count). The third-order valence-electron chi connectivity index (χ3n) is 4.84. The zero-order chi connectivity index (χ0) is 17.1. The number of para-hydroxylation sites is 1. The van der Waals surface area contributed by atoms with Crippen LogP contribution in [0.5, 0.6) is 0 Å². The highest BCUT2D eigenvalue weighted by atomic mass is 35.5. The summed E-state index contributed by atoms with van der Waals surface area (Å²) in [5.74, 6) is 0.239. The van der Waals surface area contributed by atoms with Gasteiger partial charge in [-0.3, -0.25) is 9.69 Å². The highest BCUT2D eigenvalue weighted by molar-refractivity contribution is 7.18. The number of aromatic nitrogens is 1. The molecule has 2 aliphatic heterocycles. The SMILES string of the molecule is Cl.O=C(CC1COCCN1)N1CCN(Cc2nc3ccccc3s2)CC1. The van der Waals surface area contributed by atoms with Crippen LogP contribution in [0.25, 0.3) is 10.2 Å². The highest BCUT2D eigenvalue weighted by Gasteiger charge is 2.25. The molecule has 2 fully saturated rings. The third-order valence-corrected chi connectivity index (χ3v) is 5.86. The van der Waals surface area contributed by atoms with E-state index < -0.39 is 0 Å². The van der Waals surface area contributed by atoms with Gasteiger partial charge in [0.1, 0.15) is 5.01 Å². The molecular formula is C18H25ClN4O2S. The fourth-order valence-corrected chi connectivity index (χ4v) is 4.43. The summed E-state index contributed by atoms with van der Waals surface area (Å²) in [5, 5.41) is 4.51. The second-order valence-electron chi connectivity index (χ2n) is 6.66. The number of carbonyl (C=O) groups excluding carboxylic acids is 1. The lowest BCUT2D eigenvalue weighted by atomic mass is 10.1. The number of thiazole rings is 1. The van der Waals surface area contributed by atoms with Crippen LogP contribution < -0.4 is 5.32 Å². The Hall–Kier alpha value is -1.25. The molecule has 1 unspecified atom stereocenters. The number of hydrogen-bond acceptors (Lipinski definition) is 6. The van der Waals surface area contributed by atoms with Crippen LogP contribution in [0.4, 0.5) is 0 Å². The van der Waals surface area contributed by atoms with Gasteiger partial charge >= 0.3 is 0 Å². The summed E-state index contributed by atoms with van der Waals surface area (Å²) in [6, 6.07) is 8.44. The van der Waals surface area contributed by atoms with Gasteiger partial charge in [-0.05, 0) is 12.1 Å². The summed E-state index contributed by atoms with van der Waals surface area (Å²) in [6.07, 6.45) is 0.540. The van der Waals surface area contributed by atoms with Crippen molar-refractivity contribution in [1.29, 1.82) is 0 Å². The average Bonchev–Trinajstić information content (AvgIpc) is 3.05. The number of rotatable bonds is 4. The normalized spacial score (nSPS) is 21.5. The minimum absolute atomic E-state index is 0. The van der Waals surface area contributed by atoms with Gasteiger partial charge in [-0.1, -0.05) is 12.1 Å². The number of fused-ring (bicyclic) bond motifs is 1. The van der Waals surface area contributed by atoms with E-state index in [1.54, 1.807) is 11.3 Å². The minimum Gasteiger partial charge on any atom is -0.378 e. The molecule has 1 atom stereocenters. The van der Waals surface area contributed by atoms with Crippen LogP contribution in [-0.2, 0) is 16.1 Å². The van der Waals surface area contributed by atoms with Crippen LogP contribution in [0, 0.1) is 0 Å². The Morgan fingerprint density at radius 1 is 1.27 bits per heavy atom. The molecule has 1 aromatic carbocycles. The highest BCUT2D eigenvalue weighted by Crippen LogP contribution is 2.23. The monoisotopic (exact) mass is 396 g/mol. The van der Waals surface area contributed by atoms with Gasteiger partial charge in [0.2, 0.25) is 5.91 Å². The Labute approximate surface area is 163 Å². The zero-order valence-corrected chi connectivity index (χ0v) is 16.4. The van der Waals surface area contributed by atoms with E-state index in [4.69, 9.17) is 9.72 Å². The lowest BCUT2D eigenvalue weighted by molar-refractivity contribution is -0.134. The van der Waals surface area contributed by atoms with Crippen molar-refractivity contribution in [2.24, 2.45) is 0 Å². The van der Waals surface area contributed by atoms with E-state index in [-0.39, 0.29) is 24.4 Å². The van der Waals surface area contributed by atoms with Crippen molar-refractivity contribution in [3.63, 3.8) is 0 Å². The fraction of sp³-hybridized carbons (Fsp3) is 0.556. The molecule has 2 aliphatic rings. The first-order valence-corrected chi connectivity index (χ1v) is 9.75. The Kier molecular flexibility index (Phi) is 6.83. The Morgan fingerprint density at radius 2 is 2.08 bits per heavy atom. The topological polar surface area (TPSA) is 57.7 Å². The maximum Gasteiger partial charge on any atom is 0.224 e. The van der Waals surface area contributed by atoms with Gasteiger partial charge in [0.05, 0.1) is 30.0 Å². The fourth-order valence-electron chi connectivity index (χ4n) is 3.42. The van der Waals surface area contributed by atoms with Crippen molar-refractivity contribution in [1.82, 2.24) is 20.1 Å². The van der Waals surface area contributed by atoms with Gasteiger partial charge in [-0.15, -0.1) is 23.7 Å². The van der Waals surface area contributed by atoms with Crippen LogP contribution in [0.2, 0.25) is 0 Å². The molecule has 8 heteroatoms. The van der Waals surface area contributed by atoms with Gasteiger partial charge < -0.3 is 15.0 Å². The number of halogens is 1. The Bertz CT molecular complexity index is 694. The molecule has 6 nitrogen and oxygen atoms in total. The van der Waals surface area contributed by atoms with Crippen molar-refractivity contribution in [2.45, 2.75) is 19.0 Å². The Morgan fingerprint density at radius 3 is 2.81 bits per heavy atom. The number of morpholine rings is 1. The first-order chi connectivity index (χ1) is 12.3. The number of piperazine rings is 1. The van der Waals surface area contributed by atoms with E-state index in [0.717, 1.165) is 56.4 Å². The van der Waals surface area contributed by atoms with E-state index >= 15 is 0 Å². The molecule has 3 heterocycles. The molecule has 0 aliphatic carbocycles.